The number of amides is 2. The number of carboxylic acids is 1. The Kier molecular flexibility index (Phi) is 3.37. The van der Waals surface area contributed by atoms with Crippen molar-refractivity contribution in [3.63, 3.8) is 0 Å². The first-order valence-electron chi connectivity index (χ1n) is 7.44. The smallest absolute Gasteiger partial charge is 0.317 e. The Morgan fingerprint density at radius 3 is 2.32 bits per heavy atom. The molecule has 2 N–H and O–H groups in total. The topological polar surface area (TPSA) is 69.6 Å². The van der Waals surface area contributed by atoms with Crippen molar-refractivity contribution in [2.24, 2.45) is 11.8 Å². The average molecular weight is 266 g/mol. The summed E-state index contributed by atoms with van der Waals surface area (Å²) in [6.07, 6.45) is 6.76. The third-order valence-electron chi connectivity index (χ3n) is 4.60. The summed E-state index contributed by atoms with van der Waals surface area (Å²) in [5, 5.41) is 12.1. The molecule has 0 bridgehead atoms. The van der Waals surface area contributed by atoms with E-state index in [1.165, 1.54) is 25.7 Å². The number of rotatable bonds is 5. The molecule has 3 aliphatic rings. The van der Waals surface area contributed by atoms with Crippen molar-refractivity contribution in [3.8, 4) is 0 Å². The molecule has 3 rings (SSSR count). The van der Waals surface area contributed by atoms with E-state index in [2.05, 4.69) is 5.32 Å². The molecule has 1 heterocycles. The zero-order valence-electron chi connectivity index (χ0n) is 11.2. The van der Waals surface area contributed by atoms with Gasteiger partial charge in [0, 0.05) is 18.6 Å². The minimum atomic E-state index is -0.814. The lowest BCUT2D eigenvalue weighted by atomic mass is 10.1. The number of hydrogen-bond donors (Lipinski definition) is 2. The second-order valence-electron chi connectivity index (χ2n) is 6.24. The average Bonchev–Trinajstić information content (AvgIpc) is 3.25. The molecule has 5 heteroatoms. The zero-order valence-corrected chi connectivity index (χ0v) is 11.2. The molecule has 3 fully saturated rings. The third-order valence-corrected chi connectivity index (χ3v) is 4.60. The molecule has 0 aromatic rings. The number of hydrogen-bond acceptors (Lipinski definition) is 2. The molecular formula is C14H22N2O3. The van der Waals surface area contributed by atoms with Gasteiger partial charge in [-0.05, 0) is 50.4 Å². The number of urea groups is 1. The summed E-state index contributed by atoms with van der Waals surface area (Å²) in [6, 6.07) is 0.197. The van der Waals surface area contributed by atoms with Crippen LogP contribution in [0.1, 0.15) is 44.9 Å². The normalized spacial score (nSPS) is 26.8. The first-order chi connectivity index (χ1) is 9.15. The van der Waals surface area contributed by atoms with E-state index in [1.54, 1.807) is 4.90 Å². The van der Waals surface area contributed by atoms with E-state index >= 15 is 0 Å². The van der Waals surface area contributed by atoms with Crippen LogP contribution in [0.5, 0.6) is 0 Å². The minimum absolute atomic E-state index is 0.0347. The molecule has 2 aliphatic carbocycles. The molecule has 1 unspecified atom stereocenters. The van der Waals surface area contributed by atoms with Gasteiger partial charge in [-0.3, -0.25) is 4.79 Å². The van der Waals surface area contributed by atoms with Crippen molar-refractivity contribution in [2.75, 3.05) is 6.54 Å². The Balaban J connectivity index is 1.57. The molecule has 2 amide bonds. The van der Waals surface area contributed by atoms with E-state index in [4.69, 9.17) is 5.11 Å². The van der Waals surface area contributed by atoms with Crippen LogP contribution in [0.3, 0.4) is 0 Å². The third kappa shape index (κ3) is 3.01. The Bertz CT molecular complexity index is 365. The molecule has 19 heavy (non-hydrogen) atoms. The van der Waals surface area contributed by atoms with Crippen molar-refractivity contribution >= 4 is 12.0 Å². The van der Waals surface area contributed by atoms with Gasteiger partial charge in [0.15, 0.2) is 0 Å². The number of carbonyl (C=O) groups excluding carboxylic acids is 1. The molecule has 0 radical (unpaired) electrons. The van der Waals surface area contributed by atoms with Crippen LogP contribution in [0.25, 0.3) is 0 Å². The van der Waals surface area contributed by atoms with Gasteiger partial charge in [0.25, 0.3) is 0 Å². The highest BCUT2D eigenvalue weighted by molar-refractivity contribution is 5.76. The lowest BCUT2D eigenvalue weighted by molar-refractivity contribution is -0.137. The van der Waals surface area contributed by atoms with Gasteiger partial charge in [0.05, 0.1) is 6.42 Å². The molecular weight excluding hydrogens is 244 g/mol. The molecule has 1 atom stereocenters. The number of aliphatic carboxylic acids is 1. The highest BCUT2D eigenvalue weighted by Crippen LogP contribution is 2.44. The zero-order chi connectivity index (χ0) is 13.4. The van der Waals surface area contributed by atoms with E-state index in [-0.39, 0.29) is 18.5 Å². The maximum atomic E-state index is 12.3. The number of likely N-dealkylation sites (tertiary alicyclic amines) is 1. The van der Waals surface area contributed by atoms with Crippen LogP contribution in [0.15, 0.2) is 0 Å². The van der Waals surface area contributed by atoms with Crippen LogP contribution in [-0.2, 0) is 4.79 Å². The van der Waals surface area contributed by atoms with Gasteiger partial charge in [-0.25, -0.2) is 4.79 Å². The van der Waals surface area contributed by atoms with Gasteiger partial charge in [-0.15, -0.1) is 0 Å². The van der Waals surface area contributed by atoms with Gasteiger partial charge < -0.3 is 15.3 Å². The molecule has 0 aromatic carbocycles. The molecule has 2 saturated carbocycles. The van der Waals surface area contributed by atoms with E-state index in [0.717, 1.165) is 12.8 Å². The molecule has 5 nitrogen and oxygen atoms in total. The fourth-order valence-corrected chi connectivity index (χ4v) is 3.27. The molecule has 1 saturated heterocycles. The summed E-state index contributed by atoms with van der Waals surface area (Å²) >= 11 is 0. The van der Waals surface area contributed by atoms with Crippen LogP contribution in [-0.4, -0.2) is 40.6 Å². The first kappa shape index (κ1) is 12.8. The summed E-state index contributed by atoms with van der Waals surface area (Å²) in [7, 11) is 0. The lowest BCUT2D eigenvalue weighted by Gasteiger charge is -2.27. The summed E-state index contributed by atoms with van der Waals surface area (Å²) in [5.41, 5.74) is 0. The van der Waals surface area contributed by atoms with Gasteiger partial charge >= 0.3 is 12.0 Å². The fraction of sp³-hybridized carbons (Fsp3) is 0.857. The van der Waals surface area contributed by atoms with Crippen molar-refractivity contribution in [1.29, 1.82) is 0 Å². The summed E-state index contributed by atoms with van der Waals surface area (Å²) < 4.78 is 0. The summed E-state index contributed by atoms with van der Waals surface area (Å²) in [6.45, 7) is 0.700. The second-order valence-corrected chi connectivity index (χ2v) is 6.24. The molecule has 1 aliphatic heterocycles. The van der Waals surface area contributed by atoms with E-state index in [9.17, 15) is 9.59 Å². The Labute approximate surface area is 113 Å². The van der Waals surface area contributed by atoms with Crippen LogP contribution >= 0.6 is 0 Å². The van der Waals surface area contributed by atoms with Gasteiger partial charge in [0.2, 0.25) is 0 Å². The Hall–Kier alpha value is -1.26. The van der Waals surface area contributed by atoms with Crippen molar-refractivity contribution in [2.45, 2.75) is 57.0 Å². The molecule has 0 spiro atoms. The Morgan fingerprint density at radius 1 is 1.16 bits per heavy atom. The maximum absolute atomic E-state index is 12.3. The lowest BCUT2D eigenvalue weighted by Crippen LogP contribution is -2.48. The fourth-order valence-electron chi connectivity index (χ4n) is 3.27. The predicted octanol–water partition coefficient (Wildman–Crippen LogP) is 1.82. The van der Waals surface area contributed by atoms with Crippen LogP contribution < -0.4 is 5.32 Å². The number of nitrogens with one attached hydrogen (secondary N) is 1. The van der Waals surface area contributed by atoms with E-state index < -0.39 is 5.97 Å². The van der Waals surface area contributed by atoms with Crippen molar-refractivity contribution < 1.29 is 14.7 Å². The largest absolute Gasteiger partial charge is 0.481 e. The standard InChI is InChI=1S/C14H22N2O3/c17-12(18)8-11-2-1-7-16(11)14(19)15-13(9-3-4-9)10-5-6-10/h9-11,13H,1-8H2,(H,15,19)(H,17,18). The maximum Gasteiger partial charge on any atom is 0.317 e. The Morgan fingerprint density at radius 2 is 1.79 bits per heavy atom. The summed E-state index contributed by atoms with van der Waals surface area (Å²) in [4.78, 5) is 24.9. The monoisotopic (exact) mass is 266 g/mol. The van der Waals surface area contributed by atoms with Gasteiger partial charge in [-0.1, -0.05) is 0 Å². The van der Waals surface area contributed by atoms with Crippen molar-refractivity contribution in [1.82, 2.24) is 10.2 Å². The number of carbonyl (C=O) groups is 2. The predicted molar refractivity (Wildman–Crippen MR) is 69.7 cm³/mol. The second kappa shape index (κ2) is 5.02. The number of carboxylic acid groups (broad SMARTS) is 1. The van der Waals surface area contributed by atoms with E-state index in [0.29, 0.717) is 24.4 Å². The number of nitrogens with zero attached hydrogens (tertiary/aromatic N) is 1. The van der Waals surface area contributed by atoms with Crippen LogP contribution in [0.2, 0.25) is 0 Å². The minimum Gasteiger partial charge on any atom is -0.481 e. The van der Waals surface area contributed by atoms with Gasteiger partial charge in [0.1, 0.15) is 0 Å². The van der Waals surface area contributed by atoms with Crippen LogP contribution in [0, 0.1) is 11.8 Å². The highest BCUT2D eigenvalue weighted by atomic mass is 16.4. The summed E-state index contributed by atoms with van der Waals surface area (Å²) in [5.74, 6) is 0.541. The quantitative estimate of drug-likeness (QED) is 0.797. The highest BCUT2D eigenvalue weighted by Gasteiger charge is 2.43. The SMILES string of the molecule is O=C(O)CC1CCCN1C(=O)NC(C1CC1)C1CC1. The van der Waals surface area contributed by atoms with Gasteiger partial charge in [-0.2, -0.15) is 0 Å². The molecule has 0 aromatic heterocycles. The first-order valence-corrected chi connectivity index (χ1v) is 7.44. The molecule has 106 valence electrons. The van der Waals surface area contributed by atoms with Crippen LogP contribution in [0.4, 0.5) is 4.79 Å². The van der Waals surface area contributed by atoms with Crippen molar-refractivity contribution in [3.05, 3.63) is 0 Å². The van der Waals surface area contributed by atoms with E-state index in [1.807, 2.05) is 0 Å².